The number of nitrogens with zero attached hydrogens (tertiary/aromatic N) is 2. The van der Waals surface area contributed by atoms with E-state index in [1.807, 2.05) is 48.7 Å². The molecule has 122 valence electrons. The lowest BCUT2D eigenvalue weighted by molar-refractivity contribution is -0.115. The van der Waals surface area contributed by atoms with Gasteiger partial charge < -0.3 is 10.1 Å². The molecule has 0 radical (unpaired) electrons. The molecule has 2 heterocycles. The van der Waals surface area contributed by atoms with Crippen LogP contribution >= 0.6 is 11.3 Å². The molecule has 1 N–H and O–H groups in total. The average molecular weight is 339 g/mol. The van der Waals surface area contributed by atoms with Gasteiger partial charge in [-0.15, -0.1) is 11.3 Å². The Labute approximate surface area is 144 Å². The Bertz CT molecular complexity index is 818. The number of thiazole rings is 1. The van der Waals surface area contributed by atoms with Crippen LogP contribution in [0.4, 0.5) is 5.69 Å². The van der Waals surface area contributed by atoms with E-state index >= 15 is 0 Å². The Balaban J connectivity index is 1.53. The molecule has 0 atom stereocenters. The number of hydrogen-bond acceptors (Lipinski definition) is 5. The molecule has 0 spiro atoms. The lowest BCUT2D eigenvalue weighted by Crippen LogP contribution is -2.14. The van der Waals surface area contributed by atoms with Gasteiger partial charge in [-0.2, -0.15) is 0 Å². The highest BCUT2D eigenvalue weighted by Crippen LogP contribution is 2.15. The summed E-state index contributed by atoms with van der Waals surface area (Å²) in [6.07, 6.45) is 3.60. The van der Waals surface area contributed by atoms with Crippen LogP contribution in [-0.2, 0) is 17.8 Å². The van der Waals surface area contributed by atoms with Crippen molar-refractivity contribution >= 4 is 22.9 Å². The summed E-state index contributed by atoms with van der Waals surface area (Å²) in [4.78, 5) is 20.5. The number of hydrogen-bond donors (Lipinski definition) is 1. The Kier molecular flexibility index (Phi) is 5.18. The number of nitrogens with one attached hydrogen (secondary N) is 1. The van der Waals surface area contributed by atoms with Crippen molar-refractivity contribution in [3.8, 4) is 5.75 Å². The van der Waals surface area contributed by atoms with E-state index in [1.165, 1.54) is 11.3 Å². The molecular weight excluding hydrogens is 322 g/mol. The van der Waals surface area contributed by atoms with Crippen molar-refractivity contribution in [2.75, 3.05) is 5.32 Å². The average Bonchev–Trinajstić information content (AvgIpc) is 3.01. The summed E-state index contributed by atoms with van der Waals surface area (Å²) in [5.74, 6) is 0.622. The summed E-state index contributed by atoms with van der Waals surface area (Å²) < 4.78 is 5.60. The zero-order chi connectivity index (χ0) is 16.8. The summed E-state index contributed by atoms with van der Waals surface area (Å²) in [7, 11) is 0. The van der Waals surface area contributed by atoms with Gasteiger partial charge in [-0.05, 0) is 36.8 Å². The second-order valence-electron chi connectivity index (χ2n) is 5.30. The first-order chi connectivity index (χ1) is 11.7. The van der Waals surface area contributed by atoms with Crippen molar-refractivity contribution < 1.29 is 9.53 Å². The minimum atomic E-state index is -0.0781. The quantitative estimate of drug-likeness (QED) is 0.745. The molecule has 0 fully saturated rings. The van der Waals surface area contributed by atoms with E-state index in [1.54, 1.807) is 12.4 Å². The van der Waals surface area contributed by atoms with Crippen LogP contribution in [0.2, 0.25) is 0 Å². The number of ether oxygens (including phenoxy) is 1. The highest BCUT2D eigenvalue weighted by Gasteiger charge is 2.09. The lowest BCUT2D eigenvalue weighted by atomic mass is 10.2. The largest absolute Gasteiger partial charge is 0.485 e. The number of amides is 1. The molecule has 1 amide bonds. The van der Waals surface area contributed by atoms with Gasteiger partial charge in [0.15, 0.2) is 0 Å². The lowest BCUT2D eigenvalue weighted by Gasteiger charge is -2.04. The molecule has 1 aromatic carbocycles. The van der Waals surface area contributed by atoms with Gasteiger partial charge in [-0.1, -0.05) is 12.1 Å². The van der Waals surface area contributed by atoms with Gasteiger partial charge in [0, 0.05) is 17.3 Å². The van der Waals surface area contributed by atoms with Gasteiger partial charge in [0.25, 0.3) is 0 Å². The van der Waals surface area contributed by atoms with Crippen LogP contribution in [0, 0.1) is 6.92 Å². The van der Waals surface area contributed by atoms with Crippen LogP contribution in [0.1, 0.15) is 16.3 Å². The van der Waals surface area contributed by atoms with E-state index in [-0.39, 0.29) is 12.3 Å². The number of anilines is 1. The number of aromatic nitrogens is 2. The fourth-order valence-corrected chi connectivity index (χ4v) is 2.87. The van der Waals surface area contributed by atoms with E-state index in [4.69, 9.17) is 4.74 Å². The van der Waals surface area contributed by atoms with Crippen LogP contribution in [0.3, 0.4) is 0 Å². The summed E-state index contributed by atoms with van der Waals surface area (Å²) in [5.41, 5.74) is 2.65. The maximum absolute atomic E-state index is 12.1. The zero-order valence-electron chi connectivity index (χ0n) is 13.2. The van der Waals surface area contributed by atoms with Crippen LogP contribution in [0.5, 0.6) is 5.75 Å². The molecule has 0 aliphatic carbocycles. The van der Waals surface area contributed by atoms with Gasteiger partial charge in [-0.25, -0.2) is 4.98 Å². The number of pyridine rings is 1. The monoisotopic (exact) mass is 339 g/mol. The molecule has 5 nitrogen and oxygen atoms in total. The van der Waals surface area contributed by atoms with Crippen LogP contribution in [-0.4, -0.2) is 15.9 Å². The Morgan fingerprint density at radius 1 is 1.29 bits per heavy atom. The second-order valence-corrected chi connectivity index (χ2v) is 6.25. The predicted octanol–water partition coefficient (Wildman–Crippen LogP) is 3.61. The first-order valence-corrected chi connectivity index (χ1v) is 8.39. The first-order valence-electron chi connectivity index (χ1n) is 7.52. The smallest absolute Gasteiger partial charge is 0.230 e. The van der Waals surface area contributed by atoms with Gasteiger partial charge in [0.1, 0.15) is 17.4 Å². The molecule has 0 unspecified atom stereocenters. The molecular formula is C18H17N3O2S. The summed E-state index contributed by atoms with van der Waals surface area (Å²) >= 11 is 1.48. The maximum atomic E-state index is 12.1. The minimum absolute atomic E-state index is 0.0781. The van der Waals surface area contributed by atoms with Crippen molar-refractivity contribution in [3.63, 3.8) is 0 Å². The summed E-state index contributed by atoms with van der Waals surface area (Å²) in [5, 5.41) is 5.60. The molecule has 6 heteroatoms. The highest BCUT2D eigenvalue weighted by molar-refractivity contribution is 7.09. The molecule has 0 bridgehead atoms. The van der Waals surface area contributed by atoms with Crippen molar-refractivity contribution in [1.82, 2.24) is 9.97 Å². The number of aryl methyl sites for hydroxylation is 1. The second kappa shape index (κ2) is 7.70. The minimum Gasteiger partial charge on any atom is -0.485 e. The maximum Gasteiger partial charge on any atom is 0.230 e. The highest BCUT2D eigenvalue weighted by atomic mass is 32.1. The van der Waals surface area contributed by atoms with Crippen LogP contribution in [0.15, 0.2) is 54.2 Å². The van der Waals surface area contributed by atoms with Crippen LogP contribution in [0.25, 0.3) is 0 Å². The predicted molar refractivity (Wildman–Crippen MR) is 94.2 cm³/mol. The van der Waals surface area contributed by atoms with Gasteiger partial charge in [0.2, 0.25) is 5.91 Å². The van der Waals surface area contributed by atoms with Crippen molar-refractivity contribution in [3.05, 3.63) is 70.4 Å². The molecule has 3 rings (SSSR count). The molecule has 0 aliphatic rings. The number of rotatable bonds is 6. The van der Waals surface area contributed by atoms with Gasteiger partial charge in [0.05, 0.1) is 18.3 Å². The first kappa shape index (κ1) is 16.1. The van der Waals surface area contributed by atoms with E-state index in [0.29, 0.717) is 12.4 Å². The van der Waals surface area contributed by atoms with E-state index in [9.17, 15) is 4.79 Å². The third kappa shape index (κ3) is 4.63. The molecule has 0 saturated carbocycles. The number of carbonyl (C=O) groups is 1. The molecule has 0 saturated heterocycles. The number of carbonyl (C=O) groups excluding carboxylic acids is 1. The summed E-state index contributed by atoms with van der Waals surface area (Å²) in [6.45, 7) is 2.36. The van der Waals surface area contributed by atoms with Crippen molar-refractivity contribution in [2.24, 2.45) is 0 Å². The SMILES string of the molecule is Cc1cccc(NC(=O)Cc2csc(COc3cccnc3)n2)c1. The summed E-state index contributed by atoms with van der Waals surface area (Å²) in [6, 6.07) is 11.4. The van der Waals surface area contributed by atoms with Crippen molar-refractivity contribution in [1.29, 1.82) is 0 Å². The molecule has 2 aromatic heterocycles. The number of benzene rings is 1. The zero-order valence-corrected chi connectivity index (χ0v) is 14.0. The molecule has 3 aromatic rings. The third-order valence-electron chi connectivity index (χ3n) is 3.24. The van der Waals surface area contributed by atoms with Gasteiger partial charge >= 0.3 is 0 Å². The Morgan fingerprint density at radius 3 is 3.00 bits per heavy atom. The topological polar surface area (TPSA) is 64.1 Å². The fourth-order valence-electron chi connectivity index (χ4n) is 2.17. The van der Waals surface area contributed by atoms with E-state index in [2.05, 4.69) is 15.3 Å². The van der Waals surface area contributed by atoms with E-state index in [0.717, 1.165) is 22.0 Å². The standard InChI is InChI=1S/C18H17N3O2S/c1-13-4-2-5-14(8-13)20-17(22)9-15-12-24-18(21-15)11-23-16-6-3-7-19-10-16/h2-8,10,12H,9,11H2,1H3,(H,20,22). The van der Waals surface area contributed by atoms with Crippen molar-refractivity contribution in [2.45, 2.75) is 20.0 Å². The fraction of sp³-hybridized carbons (Fsp3) is 0.167. The normalized spacial score (nSPS) is 10.4. The van der Waals surface area contributed by atoms with E-state index < -0.39 is 0 Å². The third-order valence-corrected chi connectivity index (χ3v) is 4.11. The Hall–Kier alpha value is -2.73. The molecule has 0 aliphatic heterocycles. The van der Waals surface area contributed by atoms with Gasteiger partial charge in [-0.3, -0.25) is 9.78 Å². The van der Waals surface area contributed by atoms with Crippen LogP contribution < -0.4 is 10.1 Å². The molecule has 24 heavy (non-hydrogen) atoms. The Morgan fingerprint density at radius 2 is 2.21 bits per heavy atom.